The number of aromatic amines is 1. The van der Waals surface area contributed by atoms with E-state index in [9.17, 15) is 9.59 Å². The van der Waals surface area contributed by atoms with Crippen LogP contribution in [0.2, 0.25) is 0 Å². The molecule has 4 aromatic rings. The maximum atomic E-state index is 13.1. The molecule has 1 aliphatic carbocycles. The highest BCUT2D eigenvalue weighted by molar-refractivity contribution is 7.71. The summed E-state index contributed by atoms with van der Waals surface area (Å²) in [6.07, 6.45) is 9.61. The maximum Gasteiger partial charge on any atom is 0.332 e. The molecule has 0 radical (unpaired) electrons. The van der Waals surface area contributed by atoms with Crippen molar-refractivity contribution >= 4 is 36.3 Å². The molecule has 0 saturated carbocycles. The molecule has 2 aromatic carbocycles. The van der Waals surface area contributed by atoms with E-state index < -0.39 is 11.7 Å². The third kappa shape index (κ3) is 5.31. The SMILES string of the molecule is CCCc1ccc2c(c1)C=Cc1cc(C)ccc1C2c1cn(-c2ccnc(N(C)CC(=O)O)n2)c(=O)[nH]c1=S. The predicted molar refractivity (Wildman–Crippen MR) is 155 cm³/mol. The molecule has 8 nitrogen and oxygen atoms in total. The number of carboxylic acids is 1. The number of hydrogen-bond acceptors (Lipinski definition) is 6. The molecule has 0 fully saturated rings. The number of carboxylic acid groups (broad SMARTS) is 1. The van der Waals surface area contributed by atoms with Crippen molar-refractivity contribution in [1.82, 2.24) is 19.5 Å². The number of carbonyl (C=O) groups is 1. The maximum absolute atomic E-state index is 13.1. The van der Waals surface area contributed by atoms with Crippen LogP contribution in [0, 0.1) is 11.6 Å². The molecule has 0 spiro atoms. The molecule has 0 amide bonds. The van der Waals surface area contributed by atoms with Gasteiger partial charge in [0.05, 0.1) is 0 Å². The molecule has 198 valence electrons. The van der Waals surface area contributed by atoms with Gasteiger partial charge in [-0.2, -0.15) is 4.98 Å². The summed E-state index contributed by atoms with van der Waals surface area (Å²) in [6.45, 7) is 3.97. The number of nitrogens with zero attached hydrogens (tertiary/aromatic N) is 4. The van der Waals surface area contributed by atoms with E-state index in [4.69, 9.17) is 17.3 Å². The van der Waals surface area contributed by atoms with Gasteiger partial charge in [0.1, 0.15) is 17.0 Å². The summed E-state index contributed by atoms with van der Waals surface area (Å²) in [5, 5.41) is 9.16. The molecular weight excluding hydrogens is 510 g/mol. The fourth-order valence-corrected chi connectivity index (χ4v) is 5.31. The van der Waals surface area contributed by atoms with Crippen LogP contribution < -0.4 is 10.6 Å². The van der Waals surface area contributed by atoms with E-state index in [1.165, 1.54) is 21.2 Å². The minimum Gasteiger partial charge on any atom is -0.480 e. The van der Waals surface area contributed by atoms with Crippen molar-refractivity contribution in [2.24, 2.45) is 0 Å². The number of nitrogens with one attached hydrogen (secondary N) is 1. The number of anilines is 1. The number of H-pyrrole nitrogens is 1. The first-order valence-electron chi connectivity index (χ1n) is 12.8. The minimum atomic E-state index is -1.01. The highest BCUT2D eigenvalue weighted by Gasteiger charge is 2.26. The van der Waals surface area contributed by atoms with E-state index in [-0.39, 0.29) is 18.4 Å². The molecule has 2 aromatic heterocycles. The van der Waals surface area contributed by atoms with Crippen LogP contribution in [-0.2, 0) is 11.2 Å². The van der Waals surface area contributed by atoms with Crippen LogP contribution in [0.1, 0.15) is 58.2 Å². The van der Waals surface area contributed by atoms with Crippen LogP contribution in [0.25, 0.3) is 18.0 Å². The zero-order chi connectivity index (χ0) is 27.7. The predicted octanol–water partition coefficient (Wildman–Crippen LogP) is 5.13. The van der Waals surface area contributed by atoms with Crippen LogP contribution in [0.4, 0.5) is 5.95 Å². The number of likely N-dealkylation sites (N-methyl/N-ethyl adjacent to an activating group) is 1. The topological polar surface area (TPSA) is 104 Å². The van der Waals surface area contributed by atoms with Crippen LogP contribution >= 0.6 is 12.2 Å². The standard InChI is InChI=1S/C30H29N5O3S/c1-4-5-19-7-11-23-21(15-19)9-8-20-14-18(2)6-10-22(20)27(23)24-16-35(30(38)33-28(24)39)25-12-13-31-29(32-25)34(3)17-26(36)37/h6-16,27H,4-5,17H2,1-3H3,(H,36,37)(H,33,38,39). The smallest absolute Gasteiger partial charge is 0.332 e. The Kier molecular flexibility index (Phi) is 7.26. The molecule has 9 heteroatoms. The van der Waals surface area contributed by atoms with E-state index in [0.29, 0.717) is 10.5 Å². The van der Waals surface area contributed by atoms with Crippen molar-refractivity contribution < 1.29 is 9.90 Å². The second kappa shape index (κ2) is 10.8. The van der Waals surface area contributed by atoms with Crippen molar-refractivity contribution in [2.45, 2.75) is 32.6 Å². The average molecular weight is 540 g/mol. The van der Waals surface area contributed by atoms with E-state index >= 15 is 0 Å². The van der Waals surface area contributed by atoms with Crippen LogP contribution in [0.5, 0.6) is 0 Å². The van der Waals surface area contributed by atoms with E-state index in [1.54, 1.807) is 19.3 Å². The summed E-state index contributed by atoms with van der Waals surface area (Å²) in [5.74, 6) is -0.734. The van der Waals surface area contributed by atoms with Crippen molar-refractivity contribution in [3.8, 4) is 5.82 Å². The molecule has 1 unspecified atom stereocenters. The zero-order valence-electron chi connectivity index (χ0n) is 22.0. The summed E-state index contributed by atoms with van der Waals surface area (Å²) < 4.78 is 1.76. The number of aromatic nitrogens is 4. The first-order valence-corrected chi connectivity index (χ1v) is 13.2. The first kappa shape index (κ1) is 26.2. The number of benzene rings is 2. The van der Waals surface area contributed by atoms with Crippen molar-refractivity contribution in [3.05, 3.63) is 109 Å². The second-order valence-electron chi connectivity index (χ2n) is 9.79. The molecule has 5 rings (SSSR count). The van der Waals surface area contributed by atoms with Gasteiger partial charge in [0.2, 0.25) is 5.95 Å². The lowest BCUT2D eigenvalue weighted by Gasteiger charge is -2.23. The third-order valence-electron chi connectivity index (χ3n) is 6.87. The van der Waals surface area contributed by atoms with Gasteiger partial charge in [0.15, 0.2) is 0 Å². The van der Waals surface area contributed by atoms with E-state index in [0.717, 1.165) is 46.2 Å². The van der Waals surface area contributed by atoms with Crippen molar-refractivity contribution in [3.63, 3.8) is 0 Å². The molecule has 0 aliphatic heterocycles. The lowest BCUT2D eigenvalue weighted by molar-refractivity contribution is -0.135. The van der Waals surface area contributed by atoms with Gasteiger partial charge in [-0.25, -0.2) is 9.78 Å². The summed E-state index contributed by atoms with van der Waals surface area (Å²) in [6, 6.07) is 14.6. The number of hydrogen-bond donors (Lipinski definition) is 2. The van der Waals surface area contributed by atoms with Crippen LogP contribution in [-0.4, -0.2) is 44.2 Å². The Balaban J connectivity index is 1.70. The van der Waals surface area contributed by atoms with Crippen molar-refractivity contribution in [2.75, 3.05) is 18.5 Å². The van der Waals surface area contributed by atoms with E-state index in [1.807, 2.05) is 0 Å². The summed E-state index contributed by atoms with van der Waals surface area (Å²) in [5.41, 5.74) is 7.16. The van der Waals surface area contributed by atoms with Gasteiger partial charge >= 0.3 is 11.7 Å². The minimum absolute atomic E-state index is 0.194. The molecular formula is C30H29N5O3S. The Bertz CT molecular complexity index is 1720. The van der Waals surface area contributed by atoms with Crippen LogP contribution in [0.3, 0.4) is 0 Å². The quantitative estimate of drug-likeness (QED) is 0.276. The lowest BCUT2D eigenvalue weighted by Crippen LogP contribution is -2.28. The Morgan fingerprint density at radius 1 is 1.10 bits per heavy atom. The van der Waals surface area contributed by atoms with Gasteiger partial charge in [-0.15, -0.1) is 0 Å². The molecule has 1 atom stereocenters. The van der Waals surface area contributed by atoms with E-state index in [2.05, 4.69) is 77.3 Å². The number of aryl methyl sites for hydroxylation is 2. The molecule has 1 aliphatic rings. The second-order valence-corrected chi connectivity index (χ2v) is 10.2. The van der Waals surface area contributed by atoms with Gasteiger partial charge in [-0.05, 0) is 41.2 Å². The summed E-state index contributed by atoms with van der Waals surface area (Å²) in [7, 11) is 1.58. The van der Waals surface area contributed by atoms with Crippen molar-refractivity contribution in [1.29, 1.82) is 0 Å². The summed E-state index contributed by atoms with van der Waals surface area (Å²) in [4.78, 5) is 37.2. The Labute approximate surface area is 231 Å². The largest absolute Gasteiger partial charge is 0.480 e. The number of rotatable bonds is 7. The molecule has 39 heavy (non-hydrogen) atoms. The normalized spacial score (nSPS) is 13.9. The fraction of sp³-hybridized carbons (Fsp3) is 0.233. The molecule has 2 N–H and O–H groups in total. The monoisotopic (exact) mass is 539 g/mol. The zero-order valence-corrected chi connectivity index (χ0v) is 22.8. The van der Waals surface area contributed by atoms with Gasteiger partial charge in [0.25, 0.3) is 0 Å². The molecule has 2 heterocycles. The van der Waals surface area contributed by atoms with Gasteiger partial charge < -0.3 is 10.0 Å². The molecule has 0 bridgehead atoms. The highest BCUT2D eigenvalue weighted by Crippen LogP contribution is 2.40. The summed E-state index contributed by atoms with van der Waals surface area (Å²) >= 11 is 5.74. The lowest BCUT2D eigenvalue weighted by atomic mass is 9.82. The Hall–Kier alpha value is -4.37. The fourth-order valence-electron chi connectivity index (χ4n) is 5.05. The third-order valence-corrected chi connectivity index (χ3v) is 7.20. The Morgan fingerprint density at radius 3 is 2.54 bits per heavy atom. The Morgan fingerprint density at radius 2 is 1.82 bits per heavy atom. The highest BCUT2D eigenvalue weighted by atomic mass is 32.1. The van der Waals surface area contributed by atoms with Gasteiger partial charge in [0, 0.05) is 37.0 Å². The number of fused-ring (bicyclic) bond motifs is 2. The average Bonchev–Trinajstić information content (AvgIpc) is 3.05. The van der Waals surface area contributed by atoms with Gasteiger partial charge in [-0.1, -0.05) is 79.7 Å². The van der Waals surface area contributed by atoms with Crippen LogP contribution in [0.15, 0.2) is 59.7 Å². The van der Waals surface area contributed by atoms with Gasteiger partial charge in [-0.3, -0.25) is 14.3 Å². The number of aliphatic carboxylic acids is 1. The first-order chi connectivity index (χ1) is 18.7. The molecule has 0 saturated heterocycles.